The number of hydrogen-bond donors (Lipinski definition) is 2. The van der Waals surface area contributed by atoms with Gasteiger partial charge in [0.1, 0.15) is 0 Å². The SMILES string of the molecule is CCC.CCC(C)C(C(CC(=O)O)OC)N(C)C(=O)CN[C-]=O.[Fm]. The van der Waals surface area contributed by atoms with Gasteiger partial charge in [0.2, 0.25) is 5.91 Å². The number of likely N-dealkylation sites (N-methyl/N-ethyl adjacent to an activating group) is 1. The third-order valence-corrected chi connectivity index (χ3v) is 3.44. The van der Waals surface area contributed by atoms with Gasteiger partial charge in [-0.2, -0.15) is 6.41 Å². The van der Waals surface area contributed by atoms with Crippen molar-refractivity contribution < 1.29 is 24.2 Å². The van der Waals surface area contributed by atoms with Gasteiger partial charge in [-0.05, 0) is 5.92 Å². The maximum Gasteiger partial charge on any atom is 0.306 e. The zero-order valence-electron chi connectivity index (χ0n) is 15.4. The van der Waals surface area contributed by atoms with E-state index in [-0.39, 0.29) is 30.8 Å². The van der Waals surface area contributed by atoms with E-state index >= 15 is 0 Å². The molecule has 0 spiro atoms. The molecule has 3 atom stereocenters. The summed E-state index contributed by atoms with van der Waals surface area (Å²) in [6, 6.07) is -0.373. The predicted octanol–water partition coefficient (Wildman–Crippen LogP) is 1.42. The average molecular weight is 588 g/mol. The molecule has 0 aliphatic heterocycles. The van der Waals surface area contributed by atoms with E-state index in [1.807, 2.05) is 13.8 Å². The molecule has 0 radical (unpaired) electrons. The molecule has 0 saturated heterocycles. The number of amides is 2. The first-order chi connectivity index (χ1) is 10.8. The number of rotatable bonds is 10. The fourth-order valence-corrected chi connectivity index (χ4v) is 2.16. The first-order valence-electron chi connectivity index (χ1n) is 7.90. The maximum absolute atomic E-state index is 12.0. The summed E-state index contributed by atoms with van der Waals surface area (Å²) in [6.45, 7) is 7.97. The molecule has 0 heterocycles. The van der Waals surface area contributed by atoms with Crippen LogP contribution in [0.25, 0.3) is 0 Å². The van der Waals surface area contributed by atoms with Gasteiger partial charge in [0.15, 0.2) is 0 Å². The Labute approximate surface area is 139 Å². The molecule has 0 aromatic heterocycles. The fourth-order valence-electron chi connectivity index (χ4n) is 2.16. The molecule has 3 unspecified atom stereocenters. The summed E-state index contributed by atoms with van der Waals surface area (Å²) in [7, 11) is 3.01. The van der Waals surface area contributed by atoms with Crippen LogP contribution in [0.3, 0.4) is 0 Å². The Kier molecular flexibility index (Phi) is 16.7. The second-order valence-electron chi connectivity index (χ2n) is 5.42. The third-order valence-electron chi connectivity index (χ3n) is 3.44. The molecular formula is C16H31FmN2O5-. The summed E-state index contributed by atoms with van der Waals surface area (Å²) in [5, 5.41) is 11.1. The zero-order chi connectivity index (χ0) is 18.4. The number of carbonyl (C=O) groups is 2. The number of hydrogen-bond acceptors (Lipinski definition) is 4. The molecule has 8 heteroatoms. The normalized spacial score (nSPS) is 13.2. The Morgan fingerprint density at radius 1 is 1.29 bits per heavy atom. The van der Waals surface area contributed by atoms with Gasteiger partial charge in [-0.3, -0.25) is 9.59 Å². The molecule has 0 bridgehead atoms. The van der Waals surface area contributed by atoms with Crippen LogP contribution < -0.4 is 5.32 Å². The van der Waals surface area contributed by atoms with Crippen LogP contribution >= 0.6 is 0 Å². The van der Waals surface area contributed by atoms with E-state index in [0.717, 1.165) is 6.42 Å². The second kappa shape index (κ2) is 15.3. The summed E-state index contributed by atoms with van der Waals surface area (Å²) in [5.74, 6) is -1.23. The van der Waals surface area contributed by atoms with Crippen LogP contribution in [0.1, 0.15) is 47.0 Å². The fraction of sp³-hybridized carbons (Fsp3) is 0.812. The van der Waals surface area contributed by atoms with Crippen LogP contribution in [0.4, 0.5) is 0 Å². The quantitative estimate of drug-likeness (QED) is 0.298. The van der Waals surface area contributed by atoms with E-state index in [2.05, 4.69) is 19.2 Å². The second-order valence-corrected chi connectivity index (χ2v) is 5.42. The number of nitrogens with one attached hydrogen (secondary N) is 1. The van der Waals surface area contributed by atoms with Crippen molar-refractivity contribution in [2.75, 3.05) is 20.7 Å². The van der Waals surface area contributed by atoms with Gasteiger partial charge in [-0.25, -0.2) is 0 Å². The van der Waals surface area contributed by atoms with Crippen molar-refractivity contribution in [3.8, 4) is 0 Å². The predicted molar refractivity (Wildman–Crippen MR) is 88.7 cm³/mol. The number of carboxylic acids is 1. The molecule has 7 nitrogen and oxygen atoms in total. The van der Waals surface area contributed by atoms with Crippen molar-refractivity contribution in [1.82, 2.24) is 10.2 Å². The Balaban J connectivity index is -0.00000102. The number of aliphatic carboxylic acids is 1. The molecule has 148 valence electrons. The smallest absolute Gasteiger partial charge is 0.306 e. The summed E-state index contributed by atoms with van der Waals surface area (Å²) in [6.07, 6.45) is 2.68. The van der Waals surface area contributed by atoms with Crippen LogP contribution in [0.5, 0.6) is 0 Å². The summed E-state index contributed by atoms with van der Waals surface area (Å²) >= 11 is 0. The number of carbonyl (C=O) groups excluding carboxylic acids is 2. The van der Waals surface area contributed by atoms with Crippen LogP contribution in [0.2, 0.25) is 0 Å². The molecule has 0 aromatic carbocycles. The van der Waals surface area contributed by atoms with Gasteiger partial charge in [-0.1, -0.05) is 40.5 Å². The van der Waals surface area contributed by atoms with Crippen LogP contribution in [-0.2, 0) is 19.1 Å². The van der Waals surface area contributed by atoms with Gasteiger partial charge in [-0.15, -0.1) is 0 Å². The van der Waals surface area contributed by atoms with Gasteiger partial charge >= 0.3 is 5.97 Å². The Bertz CT molecular complexity index is 355. The molecular weight excluding hydrogens is 557 g/mol. The molecule has 0 fully saturated rings. The van der Waals surface area contributed by atoms with Crippen molar-refractivity contribution >= 4 is 18.3 Å². The molecule has 0 rings (SSSR count). The monoisotopic (exact) mass is 588 g/mol. The average Bonchev–Trinajstić information content (AvgIpc) is 2.51. The number of carboxylic acid groups (broad SMARTS) is 1. The van der Waals surface area contributed by atoms with E-state index < -0.39 is 12.1 Å². The van der Waals surface area contributed by atoms with Crippen LogP contribution in [0, 0.1) is 5.92 Å². The van der Waals surface area contributed by atoms with E-state index in [9.17, 15) is 14.4 Å². The van der Waals surface area contributed by atoms with Gasteiger partial charge in [0.05, 0.1) is 25.1 Å². The zero-order valence-corrected chi connectivity index (χ0v) is 17.8. The first kappa shape index (κ1) is 26.3. The van der Waals surface area contributed by atoms with Crippen LogP contribution in [0.15, 0.2) is 0 Å². The van der Waals surface area contributed by atoms with E-state index in [0.29, 0.717) is 0 Å². The summed E-state index contributed by atoms with van der Waals surface area (Å²) < 4.78 is 5.25. The largest absolute Gasteiger partial charge is 0.522 e. The van der Waals surface area contributed by atoms with Crippen molar-refractivity contribution in [2.45, 2.75) is 59.1 Å². The molecule has 0 saturated carbocycles. The van der Waals surface area contributed by atoms with Crippen molar-refractivity contribution in [3.05, 3.63) is 0 Å². The van der Waals surface area contributed by atoms with E-state index in [1.54, 1.807) is 7.05 Å². The Morgan fingerprint density at radius 2 is 1.79 bits per heavy atom. The summed E-state index contributed by atoms with van der Waals surface area (Å²) in [4.78, 5) is 34.4. The van der Waals surface area contributed by atoms with Gasteiger partial charge in [0.25, 0.3) is 0 Å². The van der Waals surface area contributed by atoms with E-state index in [1.165, 1.54) is 24.8 Å². The molecule has 2 amide bonds. The molecule has 2 N–H and O–H groups in total. The first-order valence-corrected chi connectivity index (χ1v) is 7.90. The van der Waals surface area contributed by atoms with Crippen LogP contribution in [-0.4, -0.2) is 61.1 Å². The summed E-state index contributed by atoms with van der Waals surface area (Å²) in [5.41, 5.74) is 0. The van der Waals surface area contributed by atoms with Crippen molar-refractivity contribution in [3.63, 3.8) is 0 Å². The van der Waals surface area contributed by atoms with Crippen molar-refractivity contribution in [1.29, 1.82) is 0 Å². The van der Waals surface area contributed by atoms with E-state index in [4.69, 9.17) is 9.84 Å². The topological polar surface area (TPSA) is 95.9 Å². The minimum atomic E-state index is -0.981. The number of nitrogens with zero attached hydrogens (tertiary/aromatic N) is 1. The molecule has 0 aliphatic carbocycles. The third kappa shape index (κ3) is 10.2. The Hall–Kier alpha value is -2.63. The number of ether oxygens (including phenoxy) is 1. The minimum absolute atomic E-state index is 0. The van der Waals surface area contributed by atoms with Gasteiger partial charge in [0, 0.05) is 14.2 Å². The molecule has 24 heavy (non-hydrogen) atoms. The standard InChI is InChI=1S/C13H23N2O5.C3H8.Fm/c1-5-9(2)13(10(20-4)6-12(18)19)15(3)11(17)7-14-8-16;1-3-2;/h9-10,13H,5-7H2,1-4H3,(H,14,16)(H,18,19);3H2,1-2H3;/q-1;;. The number of methoxy groups -OCH3 is 1. The minimum Gasteiger partial charge on any atom is -0.522 e. The molecule has 0 aliphatic rings. The van der Waals surface area contributed by atoms with Gasteiger partial charge < -0.3 is 24.9 Å². The molecule has 0 aromatic rings. The maximum atomic E-state index is 12.0. The Morgan fingerprint density at radius 3 is 2.12 bits per heavy atom. The van der Waals surface area contributed by atoms with Crippen molar-refractivity contribution in [2.24, 2.45) is 5.92 Å².